The fraction of sp³-hybridized carbons (Fsp3) is 0.381. The van der Waals surface area contributed by atoms with Crippen LogP contribution in [-0.2, 0) is 6.42 Å². The number of aryl methyl sites for hydroxylation is 2. The van der Waals surface area contributed by atoms with Gasteiger partial charge < -0.3 is 9.42 Å². The van der Waals surface area contributed by atoms with Gasteiger partial charge in [-0.05, 0) is 31.7 Å². The summed E-state index contributed by atoms with van der Waals surface area (Å²) in [6.07, 6.45) is 4.62. The minimum absolute atomic E-state index is 0.0803. The Morgan fingerprint density at radius 3 is 2.89 bits per heavy atom. The maximum atomic E-state index is 12.8. The van der Waals surface area contributed by atoms with Crippen LogP contribution in [0.25, 0.3) is 11.1 Å². The van der Waals surface area contributed by atoms with Crippen LogP contribution < -0.4 is 0 Å². The van der Waals surface area contributed by atoms with Gasteiger partial charge in [-0.1, -0.05) is 41.9 Å². The Balaban J connectivity index is 1.54. The quantitative estimate of drug-likeness (QED) is 0.760. The molecule has 3 heterocycles. The van der Waals surface area contributed by atoms with Crippen LogP contribution in [0.2, 0.25) is 0 Å². The molecule has 140 valence electrons. The molecular formula is C21H24N4O2. The van der Waals surface area contributed by atoms with Crippen LogP contribution in [0.5, 0.6) is 0 Å². The average Bonchev–Trinajstić information content (AvgIpc) is 3.38. The number of piperidine rings is 1. The molecule has 0 unspecified atom stereocenters. The van der Waals surface area contributed by atoms with Crippen molar-refractivity contribution in [3.8, 4) is 11.1 Å². The smallest absolute Gasteiger partial charge is 0.292 e. The van der Waals surface area contributed by atoms with Crippen LogP contribution in [0, 0.1) is 6.92 Å². The van der Waals surface area contributed by atoms with Crippen molar-refractivity contribution in [2.45, 2.75) is 39.0 Å². The fourth-order valence-corrected chi connectivity index (χ4v) is 3.70. The first-order chi connectivity index (χ1) is 13.2. The predicted molar refractivity (Wildman–Crippen MR) is 103 cm³/mol. The number of hydrogen-bond acceptors (Lipinski definition) is 4. The van der Waals surface area contributed by atoms with Crippen molar-refractivity contribution >= 4 is 5.91 Å². The normalized spacial score (nSPS) is 17.3. The topological polar surface area (TPSA) is 75.0 Å². The Bertz CT molecular complexity index is 926. The molecule has 0 radical (unpaired) electrons. The lowest BCUT2D eigenvalue weighted by molar-refractivity contribution is 0.0664. The molecule has 0 aliphatic carbocycles. The van der Waals surface area contributed by atoms with E-state index in [1.807, 2.05) is 18.0 Å². The number of aromatic nitrogens is 3. The summed E-state index contributed by atoms with van der Waals surface area (Å²) in [4.78, 5) is 14.7. The van der Waals surface area contributed by atoms with Crippen molar-refractivity contribution in [1.29, 1.82) is 0 Å². The minimum atomic E-state index is -0.0803. The van der Waals surface area contributed by atoms with E-state index < -0.39 is 0 Å². The van der Waals surface area contributed by atoms with Gasteiger partial charge in [-0.2, -0.15) is 5.10 Å². The number of likely N-dealkylation sites (tertiary alicyclic amines) is 1. The molecule has 0 spiro atoms. The first-order valence-corrected chi connectivity index (χ1v) is 9.51. The molecule has 3 aromatic rings. The van der Waals surface area contributed by atoms with Crippen molar-refractivity contribution < 1.29 is 9.32 Å². The number of rotatable bonds is 4. The number of nitrogens with zero attached hydrogens (tertiary/aromatic N) is 3. The summed E-state index contributed by atoms with van der Waals surface area (Å²) in [5.41, 5.74) is 5.40. The van der Waals surface area contributed by atoms with Crippen molar-refractivity contribution in [3.05, 3.63) is 59.2 Å². The van der Waals surface area contributed by atoms with Gasteiger partial charge in [0, 0.05) is 36.3 Å². The first-order valence-electron chi connectivity index (χ1n) is 9.51. The van der Waals surface area contributed by atoms with Crippen LogP contribution in [0.4, 0.5) is 0 Å². The number of nitrogens with one attached hydrogen (secondary N) is 1. The lowest BCUT2D eigenvalue weighted by atomic mass is 9.90. The Kier molecular flexibility index (Phi) is 4.79. The van der Waals surface area contributed by atoms with E-state index in [0.717, 1.165) is 48.3 Å². The summed E-state index contributed by atoms with van der Waals surface area (Å²) < 4.78 is 5.24. The molecule has 2 aromatic heterocycles. The van der Waals surface area contributed by atoms with Gasteiger partial charge in [0.15, 0.2) is 0 Å². The monoisotopic (exact) mass is 364 g/mol. The van der Waals surface area contributed by atoms with E-state index in [-0.39, 0.29) is 11.8 Å². The maximum Gasteiger partial charge on any atom is 0.292 e. The van der Waals surface area contributed by atoms with E-state index in [9.17, 15) is 4.79 Å². The molecule has 0 bridgehead atoms. The van der Waals surface area contributed by atoms with Crippen LogP contribution in [0.1, 0.15) is 53.2 Å². The Hall–Kier alpha value is -2.89. The molecule has 1 fully saturated rings. The van der Waals surface area contributed by atoms with Gasteiger partial charge in [-0.25, -0.2) is 0 Å². The molecule has 1 saturated heterocycles. The minimum Gasteiger partial charge on any atom is -0.351 e. The molecular weight excluding hydrogens is 340 g/mol. The second-order valence-electron chi connectivity index (χ2n) is 7.19. The largest absolute Gasteiger partial charge is 0.351 e. The van der Waals surface area contributed by atoms with Crippen LogP contribution in [-0.4, -0.2) is 39.3 Å². The van der Waals surface area contributed by atoms with Gasteiger partial charge in [-0.15, -0.1) is 0 Å². The van der Waals surface area contributed by atoms with Crippen LogP contribution in [0.3, 0.4) is 0 Å². The van der Waals surface area contributed by atoms with Crippen molar-refractivity contribution in [1.82, 2.24) is 20.3 Å². The van der Waals surface area contributed by atoms with Crippen molar-refractivity contribution in [2.75, 3.05) is 13.1 Å². The lowest BCUT2D eigenvalue weighted by Gasteiger charge is -2.32. The Morgan fingerprint density at radius 2 is 2.15 bits per heavy atom. The summed E-state index contributed by atoms with van der Waals surface area (Å²) in [7, 11) is 0. The molecule has 1 atom stereocenters. The van der Waals surface area contributed by atoms with Gasteiger partial charge in [0.05, 0.1) is 11.9 Å². The molecule has 1 aliphatic heterocycles. The number of carbonyl (C=O) groups excluding carboxylic acids is 1. The number of aromatic amines is 1. The summed E-state index contributed by atoms with van der Waals surface area (Å²) in [5, 5.41) is 11.4. The average molecular weight is 364 g/mol. The first kappa shape index (κ1) is 17.5. The highest BCUT2D eigenvalue weighted by Gasteiger charge is 2.29. The molecule has 1 aliphatic rings. The Morgan fingerprint density at radius 1 is 1.33 bits per heavy atom. The van der Waals surface area contributed by atoms with Gasteiger partial charge in [0.25, 0.3) is 5.91 Å². The number of benzene rings is 1. The lowest BCUT2D eigenvalue weighted by Crippen LogP contribution is -2.39. The van der Waals surface area contributed by atoms with Gasteiger partial charge in [0.1, 0.15) is 0 Å². The summed E-state index contributed by atoms with van der Waals surface area (Å²) in [6.45, 7) is 5.47. The van der Waals surface area contributed by atoms with E-state index in [4.69, 9.17) is 4.52 Å². The fourth-order valence-electron chi connectivity index (χ4n) is 3.70. The Labute approximate surface area is 158 Å². The maximum absolute atomic E-state index is 12.8. The second-order valence-corrected chi connectivity index (χ2v) is 7.19. The van der Waals surface area contributed by atoms with Gasteiger partial charge >= 0.3 is 0 Å². The second kappa shape index (κ2) is 7.39. The zero-order chi connectivity index (χ0) is 18.8. The highest BCUT2D eigenvalue weighted by atomic mass is 16.5. The zero-order valence-electron chi connectivity index (χ0n) is 15.7. The summed E-state index contributed by atoms with van der Waals surface area (Å²) >= 11 is 0. The number of H-pyrrole nitrogens is 1. The SMILES string of the molecule is CCc1cc(C(=O)N2CCC[C@@H](c3[nH]ncc3-c3ccc(C)cc3)C2)on1. The van der Waals surface area contributed by atoms with Crippen molar-refractivity contribution in [3.63, 3.8) is 0 Å². The van der Waals surface area contributed by atoms with E-state index in [2.05, 4.69) is 46.5 Å². The van der Waals surface area contributed by atoms with Crippen LogP contribution in [0.15, 0.2) is 41.1 Å². The van der Waals surface area contributed by atoms with Gasteiger partial charge in [-0.3, -0.25) is 9.89 Å². The van der Waals surface area contributed by atoms with E-state index in [1.54, 1.807) is 6.07 Å². The third-order valence-electron chi connectivity index (χ3n) is 5.28. The standard InChI is InChI=1S/C21H24N4O2/c1-3-17-11-19(27-24-17)21(26)25-10-4-5-16(13-25)20-18(12-22-23-20)15-8-6-14(2)7-9-15/h6-9,11-12,16H,3-5,10,13H2,1-2H3,(H,22,23)/t16-/m1/s1. The molecule has 1 N–H and O–H groups in total. The predicted octanol–water partition coefficient (Wildman–Crippen LogP) is 3.96. The highest BCUT2D eigenvalue weighted by molar-refractivity contribution is 5.91. The number of amides is 1. The van der Waals surface area contributed by atoms with Crippen LogP contribution >= 0.6 is 0 Å². The van der Waals surface area contributed by atoms with Crippen molar-refractivity contribution in [2.24, 2.45) is 0 Å². The molecule has 0 saturated carbocycles. The molecule has 6 nitrogen and oxygen atoms in total. The number of carbonyl (C=O) groups is 1. The molecule has 1 amide bonds. The van der Waals surface area contributed by atoms with Gasteiger partial charge in [0.2, 0.25) is 5.76 Å². The third kappa shape index (κ3) is 3.52. The third-order valence-corrected chi connectivity index (χ3v) is 5.28. The molecule has 27 heavy (non-hydrogen) atoms. The molecule has 1 aromatic carbocycles. The number of hydrogen-bond donors (Lipinski definition) is 1. The summed E-state index contributed by atoms with van der Waals surface area (Å²) in [5.74, 6) is 0.481. The molecule has 6 heteroatoms. The van der Waals surface area contributed by atoms with E-state index in [1.165, 1.54) is 5.56 Å². The highest BCUT2D eigenvalue weighted by Crippen LogP contribution is 2.33. The zero-order valence-corrected chi connectivity index (χ0v) is 15.7. The van der Waals surface area contributed by atoms with E-state index >= 15 is 0 Å². The summed E-state index contributed by atoms with van der Waals surface area (Å²) in [6, 6.07) is 10.2. The van der Waals surface area contributed by atoms with E-state index in [0.29, 0.717) is 12.3 Å². The molecule has 4 rings (SSSR count).